The molecule has 1 amide bonds. The third-order valence-electron chi connectivity index (χ3n) is 9.27. The van der Waals surface area contributed by atoms with Gasteiger partial charge in [-0.05, 0) is 94.2 Å². The second-order valence-corrected chi connectivity index (χ2v) is 13.7. The minimum Gasteiger partial charge on any atom is -0.390 e. The van der Waals surface area contributed by atoms with Gasteiger partial charge < -0.3 is 20.2 Å². The van der Waals surface area contributed by atoms with Crippen LogP contribution in [0, 0.1) is 23.6 Å². The molecule has 1 aromatic carbocycles. The molecule has 2 heterocycles. The zero-order valence-corrected chi connectivity index (χ0v) is 23.1. The monoisotopic (exact) mass is 557 g/mol. The Morgan fingerprint density at radius 2 is 1.87 bits per heavy atom. The van der Waals surface area contributed by atoms with Crippen LogP contribution >= 0.6 is 0 Å². The van der Waals surface area contributed by atoms with Crippen LogP contribution in [0.3, 0.4) is 0 Å². The van der Waals surface area contributed by atoms with E-state index in [0.29, 0.717) is 48.8 Å². The molecule has 11 heteroatoms. The van der Waals surface area contributed by atoms with Gasteiger partial charge in [0.05, 0.1) is 5.60 Å². The van der Waals surface area contributed by atoms with Crippen molar-refractivity contribution < 1.29 is 22.7 Å². The number of benzene rings is 1. The number of rotatable bonds is 6. The predicted molar refractivity (Wildman–Crippen MR) is 146 cm³/mol. The number of hydrogen-bond acceptors (Lipinski definition) is 7. The first-order valence-corrected chi connectivity index (χ1v) is 15.3. The molecule has 5 fully saturated rings. The van der Waals surface area contributed by atoms with Crippen molar-refractivity contribution in [1.29, 1.82) is 0 Å². The lowest BCUT2D eigenvalue weighted by molar-refractivity contribution is -0.136. The molecule has 1 saturated heterocycles. The summed E-state index contributed by atoms with van der Waals surface area (Å²) in [5.41, 5.74) is 0.473. The molecule has 9 nitrogen and oxygen atoms in total. The van der Waals surface area contributed by atoms with E-state index in [1.165, 1.54) is 19.2 Å². The van der Waals surface area contributed by atoms with Crippen LogP contribution in [-0.2, 0) is 10.0 Å². The van der Waals surface area contributed by atoms with Gasteiger partial charge in [-0.3, -0.25) is 4.79 Å². The Hall–Kier alpha value is -2.76. The third-order valence-corrected chi connectivity index (χ3v) is 10.7. The van der Waals surface area contributed by atoms with Gasteiger partial charge in [0.15, 0.2) is 0 Å². The number of sulfonamides is 1. The number of piperazine rings is 1. The number of nitrogens with one attached hydrogen (secondary N) is 2. The van der Waals surface area contributed by atoms with E-state index in [2.05, 4.69) is 21.9 Å². The van der Waals surface area contributed by atoms with Crippen LogP contribution < -0.4 is 19.8 Å². The molecule has 1 aliphatic heterocycles. The minimum absolute atomic E-state index is 0.0264. The fraction of sp³-hybridized carbons (Fsp3) is 0.571. The third kappa shape index (κ3) is 4.89. The van der Waals surface area contributed by atoms with Crippen LogP contribution in [0.2, 0.25) is 0 Å². The minimum atomic E-state index is -3.86. The van der Waals surface area contributed by atoms with E-state index in [1.807, 2.05) is 17.0 Å². The molecule has 0 spiro atoms. The van der Waals surface area contributed by atoms with E-state index in [1.54, 1.807) is 12.1 Å². The molecular formula is C28H36FN5O4S. The molecule has 7 rings (SSSR count). The van der Waals surface area contributed by atoms with Crippen molar-refractivity contribution in [2.24, 2.45) is 17.8 Å². The van der Waals surface area contributed by atoms with Crippen molar-refractivity contribution in [2.45, 2.75) is 61.6 Å². The Morgan fingerprint density at radius 1 is 1.13 bits per heavy atom. The van der Waals surface area contributed by atoms with E-state index in [9.17, 15) is 22.7 Å². The SMILES string of the molecule is CNS(=O)(=O)c1ccc(N2CCN(c3cccc(C(=O)NC4C5CC6CC4CC(O)(C6)C5)n3)[C@H](C)C2)cc1F. The van der Waals surface area contributed by atoms with Crippen molar-refractivity contribution in [1.82, 2.24) is 15.0 Å². The second-order valence-electron chi connectivity index (χ2n) is 11.9. The number of amides is 1. The second kappa shape index (κ2) is 9.71. The number of aliphatic hydroxyl groups is 1. The Balaban J connectivity index is 1.12. The molecule has 5 aliphatic rings. The number of hydrogen-bond donors (Lipinski definition) is 3. The van der Waals surface area contributed by atoms with E-state index in [0.717, 1.165) is 37.9 Å². The normalized spacial score (nSPS) is 31.9. The van der Waals surface area contributed by atoms with Crippen molar-refractivity contribution >= 4 is 27.4 Å². The predicted octanol–water partition coefficient (Wildman–Crippen LogP) is 2.51. The smallest absolute Gasteiger partial charge is 0.270 e. The molecular weight excluding hydrogens is 521 g/mol. The summed E-state index contributed by atoms with van der Waals surface area (Å²) in [6, 6.07) is 9.80. The molecule has 3 N–H and O–H groups in total. The first kappa shape index (κ1) is 26.5. The van der Waals surface area contributed by atoms with Gasteiger partial charge in [0.2, 0.25) is 10.0 Å². The van der Waals surface area contributed by atoms with E-state index >= 15 is 0 Å². The molecule has 4 aliphatic carbocycles. The molecule has 2 aromatic rings. The van der Waals surface area contributed by atoms with Crippen LogP contribution in [0.4, 0.5) is 15.9 Å². The van der Waals surface area contributed by atoms with E-state index in [-0.39, 0.29) is 22.9 Å². The Morgan fingerprint density at radius 3 is 2.51 bits per heavy atom. The average molecular weight is 558 g/mol. The fourth-order valence-corrected chi connectivity index (χ4v) is 8.48. The van der Waals surface area contributed by atoms with Crippen molar-refractivity contribution in [2.75, 3.05) is 36.5 Å². The first-order valence-electron chi connectivity index (χ1n) is 13.8. The maximum absolute atomic E-state index is 14.6. The van der Waals surface area contributed by atoms with Crippen LogP contribution in [-0.4, -0.2) is 68.8 Å². The number of carbonyl (C=O) groups excluding carboxylic acids is 1. The average Bonchev–Trinajstić information content (AvgIpc) is 2.89. The lowest BCUT2D eigenvalue weighted by Gasteiger charge is -2.58. The molecule has 4 bridgehead atoms. The topological polar surface area (TPSA) is 115 Å². The molecule has 4 saturated carbocycles. The molecule has 3 atom stereocenters. The number of pyridine rings is 1. The standard InChI is InChI=1S/C28H36FN5O4S/c1-17-16-33(21-6-7-24(22(29)12-21)39(37,38)30-2)8-9-34(17)25-5-3-4-23(31-25)27(35)32-26-19-10-18-11-20(26)15-28(36,13-18)14-19/h3-7,12,17-20,26,30,36H,8-11,13-16H2,1-2H3,(H,32,35)/t17-,18?,19?,20?,26?,28?/m1/s1. The van der Waals surface area contributed by atoms with Gasteiger partial charge in [0.1, 0.15) is 22.2 Å². The largest absolute Gasteiger partial charge is 0.390 e. The number of carbonyl (C=O) groups is 1. The quantitative estimate of drug-likeness (QED) is 0.500. The van der Waals surface area contributed by atoms with E-state index in [4.69, 9.17) is 4.98 Å². The number of nitrogens with zero attached hydrogens (tertiary/aromatic N) is 3. The molecule has 39 heavy (non-hydrogen) atoms. The highest BCUT2D eigenvalue weighted by molar-refractivity contribution is 7.89. The zero-order chi connectivity index (χ0) is 27.5. The maximum atomic E-state index is 14.6. The van der Waals surface area contributed by atoms with Crippen molar-refractivity contribution in [3.05, 3.63) is 47.9 Å². The number of aromatic nitrogens is 1. The first-order chi connectivity index (χ1) is 18.5. The van der Waals surface area contributed by atoms with Gasteiger partial charge >= 0.3 is 0 Å². The van der Waals surface area contributed by atoms with Gasteiger partial charge in [0.25, 0.3) is 5.91 Å². The highest BCUT2D eigenvalue weighted by Crippen LogP contribution is 2.55. The Labute approximate surface area is 228 Å². The van der Waals surface area contributed by atoms with Gasteiger partial charge in [-0.2, -0.15) is 0 Å². The summed E-state index contributed by atoms with van der Waals surface area (Å²) >= 11 is 0. The zero-order valence-electron chi connectivity index (χ0n) is 22.3. The number of anilines is 2. The summed E-state index contributed by atoms with van der Waals surface area (Å²) in [5.74, 6) is 1.01. The molecule has 210 valence electrons. The summed E-state index contributed by atoms with van der Waals surface area (Å²) in [5, 5.41) is 14.1. The summed E-state index contributed by atoms with van der Waals surface area (Å²) in [7, 11) is -2.61. The highest BCUT2D eigenvalue weighted by Gasteiger charge is 2.55. The molecule has 1 aromatic heterocycles. The van der Waals surface area contributed by atoms with Crippen LogP contribution in [0.1, 0.15) is 49.5 Å². The Bertz CT molecular complexity index is 1370. The van der Waals surface area contributed by atoms with Gasteiger partial charge in [-0.1, -0.05) is 6.07 Å². The lowest BCUT2D eigenvalue weighted by Crippen LogP contribution is -2.61. The Kier molecular flexibility index (Phi) is 6.59. The van der Waals surface area contributed by atoms with Gasteiger partial charge in [-0.25, -0.2) is 22.5 Å². The lowest BCUT2D eigenvalue weighted by atomic mass is 9.52. The summed E-state index contributed by atoms with van der Waals surface area (Å²) in [4.78, 5) is 21.8. The molecule has 2 unspecified atom stereocenters. The highest BCUT2D eigenvalue weighted by atomic mass is 32.2. The van der Waals surface area contributed by atoms with Crippen LogP contribution in [0.5, 0.6) is 0 Å². The fourth-order valence-electron chi connectivity index (χ4n) is 7.70. The van der Waals surface area contributed by atoms with Gasteiger partial charge in [-0.15, -0.1) is 0 Å². The number of halogens is 1. The van der Waals surface area contributed by atoms with Crippen molar-refractivity contribution in [3.63, 3.8) is 0 Å². The van der Waals surface area contributed by atoms with Crippen LogP contribution in [0.25, 0.3) is 0 Å². The van der Waals surface area contributed by atoms with Gasteiger partial charge in [0, 0.05) is 37.4 Å². The van der Waals surface area contributed by atoms with Crippen molar-refractivity contribution in [3.8, 4) is 0 Å². The summed E-state index contributed by atoms with van der Waals surface area (Å²) in [6.45, 7) is 3.85. The van der Waals surface area contributed by atoms with E-state index < -0.39 is 21.4 Å². The van der Waals surface area contributed by atoms with Crippen LogP contribution in [0.15, 0.2) is 41.3 Å². The summed E-state index contributed by atoms with van der Waals surface area (Å²) < 4.78 is 40.8. The molecule has 0 radical (unpaired) electrons. The summed E-state index contributed by atoms with van der Waals surface area (Å²) in [6.07, 6.45) is 4.62. The maximum Gasteiger partial charge on any atom is 0.270 e.